The molecule has 0 bridgehead atoms. The fourth-order valence-electron chi connectivity index (χ4n) is 4.32. The zero-order valence-electron chi connectivity index (χ0n) is 17.2. The predicted octanol–water partition coefficient (Wildman–Crippen LogP) is 8.61. The second kappa shape index (κ2) is 10.0. The molecule has 0 saturated heterocycles. The maximum Gasteiger partial charge on any atom is 0.166 e. The number of aryl methyl sites for hydroxylation is 1. The lowest BCUT2D eigenvalue weighted by Gasteiger charge is -2.29. The van der Waals surface area contributed by atoms with Crippen LogP contribution in [0, 0.1) is 12.8 Å². The first-order chi connectivity index (χ1) is 13.6. The summed E-state index contributed by atoms with van der Waals surface area (Å²) in [7, 11) is 0. The molecule has 0 aliphatic heterocycles. The minimum absolute atomic E-state index is 0.286. The fraction of sp³-hybridized carbons (Fsp3) is 0.462. The summed E-state index contributed by atoms with van der Waals surface area (Å²) in [6, 6.07) is 14.3. The largest absolute Gasteiger partial charge is 0.203 e. The summed E-state index contributed by atoms with van der Waals surface area (Å²) in [5.74, 6) is -0.133. The first-order valence-corrected chi connectivity index (χ1v) is 10.8. The molecule has 1 saturated carbocycles. The molecular formula is C26H32F2. The Kier molecular flexibility index (Phi) is 7.42. The molecule has 0 atom stereocenters. The third-order valence-corrected chi connectivity index (χ3v) is 6.20. The molecule has 2 aromatic carbocycles. The Balaban J connectivity index is 1.62. The van der Waals surface area contributed by atoms with Gasteiger partial charge in [-0.25, -0.2) is 8.78 Å². The van der Waals surface area contributed by atoms with Crippen LogP contribution < -0.4 is 0 Å². The highest BCUT2D eigenvalue weighted by molar-refractivity contribution is 5.83. The van der Waals surface area contributed by atoms with Gasteiger partial charge in [0.2, 0.25) is 0 Å². The zero-order chi connectivity index (χ0) is 19.9. The van der Waals surface area contributed by atoms with Crippen molar-refractivity contribution < 1.29 is 8.78 Å². The van der Waals surface area contributed by atoms with E-state index in [0.717, 1.165) is 11.5 Å². The van der Waals surface area contributed by atoms with Crippen LogP contribution in [-0.4, -0.2) is 0 Å². The first kappa shape index (κ1) is 20.8. The van der Waals surface area contributed by atoms with Gasteiger partial charge in [-0.1, -0.05) is 86.7 Å². The van der Waals surface area contributed by atoms with Gasteiger partial charge in [0.15, 0.2) is 11.7 Å². The van der Waals surface area contributed by atoms with Crippen molar-refractivity contribution >= 4 is 11.7 Å². The average Bonchev–Trinajstić information content (AvgIpc) is 2.74. The zero-order valence-corrected chi connectivity index (χ0v) is 17.2. The number of benzene rings is 2. The second-order valence-corrected chi connectivity index (χ2v) is 8.33. The summed E-state index contributed by atoms with van der Waals surface area (Å²) in [5, 5.41) is 0. The number of hydrogen-bond donors (Lipinski definition) is 0. The minimum atomic E-state index is -0.791. The molecule has 0 aromatic heterocycles. The van der Waals surface area contributed by atoms with E-state index in [4.69, 9.17) is 0 Å². The molecule has 0 unspecified atom stereocenters. The Labute approximate surface area is 168 Å². The van der Waals surface area contributed by atoms with Crippen molar-refractivity contribution in [1.29, 1.82) is 0 Å². The maximum atomic E-state index is 14.6. The summed E-state index contributed by atoms with van der Waals surface area (Å²) in [4.78, 5) is 0. The molecule has 150 valence electrons. The number of rotatable bonds is 7. The Morgan fingerprint density at radius 1 is 0.786 bits per heavy atom. The molecule has 1 aliphatic carbocycles. The lowest BCUT2D eigenvalue weighted by Crippen LogP contribution is -2.13. The second-order valence-electron chi connectivity index (χ2n) is 8.33. The standard InChI is InChI=1S/C26H32F2/c1-3-4-5-6-20-9-13-21(14-10-20)22-15-17-24(18-16-22)26(28)25(27)23-11-7-19(2)8-12-23/h7-8,11-12,15-18,20-21H,3-6,9-10,13-14H2,1-2H3/b26-25+. The van der Waals surface area contributed by atoms with E-state index >= 15 is 0 Å². The van der Waals surface area contributed by atoms with Gasteiger partial charge in [0.25, 0.3) is 0 Å². The van der Waals surface area contributed by atoms with Crippen LogP contribution in [0.2, 0.25) is 0 Å². The van der Waals surface area contributed by atoms with E-state index in [9.17, 15) is 8.78 Å². The molecule has 3 rings (SSSR count). The molecule has 0 spiro atoms. The Morgan fingerprint density at radius 2 is 1.32 bits per heavy atom. The predicted molar refractivity (Wildman–Crippen MR) is 115 cm³/mol. The van der Waals surface area contributed by atoms with Crippen LogP contribution in [-0.2, 0) is 0 Å². The molecule has 1 fully saturated rings. The summed E-state index contributed by atoms with van der Waals surface area (Å²) in [6.45, 7) is 4.18. The van der Waals surface area contributed by atoms with Crippen LogP contribution in [0.15, 0.2) is 48.5 Å². The van der Waals surface area contributed by atoms with E-state index < -0.39 is 11.7 Å². The molecule has 0 heterocycles. The highest BCUT2D eigenvalue weighted by Gasteiger charge is 2.22. The molecule has 2 heteroatoms. The minimum Gasteiger partial charge on any atom is -0.203 e. The lowest BCUT2D eigenvalue weighted by molar-refractivity contribution is 0.303. The van der Waals surface area contributed by atoms with Gasteiger partial charge in [0.05, 0.1) is 0 Å². The molecule has 0 nitrogen and oxygen atoms in total. The summed E-state index contributed by atoms with van der Waals surface area (Å²) >= 11 is 0. The van der Waals surface area contributed by atoms with E-state index in [1.54, 1.807) is 36.4 Å². The van der Waals surface area contributed by atoms with Crippen molar-refractivity contribution in [2.24, 2.45) is 5.92 Å². The normalized spacial score (nSPS) is 20.7. The van der Waals surface area contributed by atoms with Crippen molar-refractivity contribution in [2.45, 2.75) is 71.1 Å². The van der Waals surface area contributed by atoms with Gasteiger partial charge >= 0.3 is 0 Å². The van der Waals surface area contributed by atoms with Crippen molar-refractivity contribution in [3.63, 3.8) is 0 Å². The first-order valence-electron chi connectivity index (χ1n) is 10.8. The van der Waals surface area contributed by atoms with Gasteiger partial charge < -0.3 is 0 Å². The average molecular weight is 383 g/mol. The molecular weight excluding hydrogens is 350 g/mol. The van der Waals surface area contributed by atoms with Gasteiger partial charge in [0.1, 0.15) is 0 Å². The third kappa shape index (κ3) is 5.31. The molecule has 2 aromatic rings. The topological polar surface area (TPSA) is 0 Å². The van der Waals surface area contributed by atoms with E-state index in [1.807, 2.05) is 19.1 Å². The smallest absolute Gasteiger partial charge is 0.166 e. The van der Waals surface area contributed by atoms with Crippen LogP contribution in [0.1, 0.15) is 86.5 Å². The SMILES string of the molecule is CCCCCC1CCC(c2ccc(/C(F)=C(\F)c3ccc(C)cc3)cc2)CC1. The van der Waals surface area contributed by atoms with Crippen LogP contribution in [0.4, 0.5) is 8.78 Å². The van der Waals surface area contributed by atoms with Crippen LogP contribution in [0.5, 0.6) is 0 Å². The Hall–Kier alpha value is -1.96. The van der Waals surface area contributed by atoms with Gasteiger partial charge in [-0.15, -0.1) is 0 Å². The lowest BCUT2D eigenvalue weighted by atomic mass is 9.77. The van der Waals surface area contributed by atoms with E-state index in [0.29, 0.717) is 11.5 Å². The highest BCUT2D eigenvalue weighted by Crippen LogP contribution is 2.38. The molecule has 1 aliphatic rings. The highest BCUT2D eigenvalue weighted by atomic mass is 19.2. The van der Waals surface area contributed by atoms with Crippen molar-refractivity contribution in [2.75, 3.05) is 0 Å². The molecule has 0 N–H and O–H groups in total. The van der Waals surface area contributed by atoms with Gasteiger partial charge in [-0.2, -0.15) is 0 Å². The van der Waals surface area contributed by atoms with Crippen LogP contribution in [0.25, 0.3) is 11.7 Å². The monoisotopic (exact) mass is 382 g/mol. The Bertz CT molecular complexity index is 763. The third-order valence-electron chi connectivity index (χ3n) is 6.20. The number of hydrogen-bond acceptors (Lipinski definition) is 0. The number of unbranched alkanes of at least 4 members (excludes halogenated alkanes) is 2. The van der Waals surface area contributed by atoms with E-state index in [2.05, 4.69) is 6.92 Å². The van der Waals surface area contributed by atoms with Crippen molar-refractivity contribution in [3.05, 3.63) is 70.8 Å². The number of halogens is 2. The summed E-state index contributed by atoms with van der Waals surface area (Å²) in [6.07, 6.45) is 10.4. The van der Waals surface area contributed by atoms with E-state index in [1.165, 1.54) is 56.9 Å². The van der Waals surface area contributed by atoms with Crippen molar-refractivity contribution in [3.8, 4) is 0 Å². The molecule has 0 radical (unpaired) electrons. The van der Waals surface area contributed by atoms with E-state index in [-0.39, 0.29) is 5.56 Å². The quantitative estimate of drug-likeness (QED) is 0.332. The molecule has 28 heavy (non-hydrogen) atoms. The summed E-state index contributed by atoms with van der Waals surface area (Å²) < 4.78 is 29.1. The maximum absolute atomic E-state index is 14.6. The van der Waals surface area contributed by atoms with Crippen LogP contribution >= 0.6 is 0 Å². The van der Waals surface area contributed by atoms with Gasteiger partial charge in [-0.05, 0) is 50.0 Å². The summed E-state index contributed by atoms with van der Waals surface area (Å²) in [5.41, 5.74) is 2.89. The van der Waals surface area contributed by atoms with Crippen LogP contribution in [0.3, 0.4) is 0 Å². The van der Waals surface area contributed by atoms with Crippen molar-refractivity contribution in [1.82, 2.24) is 0 Å². The molecule has 0 amide bonds. The fourth-order valence-corrected chi connectivity index (χ4v) is 4.32. The Morgan fingerprint density at radius 3 is 1.86 bits per heavy atom. The van der Waals surface area contributed by atoms with Gasteiger partial charge in [-0.3, -0.25) is 0 Å². The van der Waals surface area contributed by atoms with Gasteiger partial charge in [0, 0.05) is 11.1 Å².